The van der Waals surface area contributed by atoms with Crippen molar-refractivity contribution in [3.8, 4) is 17.2 Å². The molecule has 0 aliphatic rings. The topological polar surface area (TPSA) is 41.6 Å². The zero-order chi connectivity index (χ0) is 10.7. The third kappa shape index (κ3) is 2.17. The van der Waals surface area contributed by atoms with Gasteiger partial charge in [0.1, 0.15) is 6.54 Å². The molecule has 0 amide bonds. The molecule has 2 rings (SSSR count). The van der Waals surface area contributed by atoms with Gasteiger partial charge in [-0.05, 0) is 17.7 Å². The fourth-order valence-corrected chi connectivity index (χ4v) is 1.53. The predicted octanol–water partition coefficient (Wildman–Crippen LogP) is 2.73. The van der Waals surface area contributed by atoms with Crippen LogP contribution >= 0.6 is 11.6 Å². The minimum absolute atomic E-state index is 0.264. The van der Waals surface area contributed by atoms with Crippen LogP contribution in [-0.2, 0) is 6.54 Å². The first kappa shape index (κ1) is 9.75. The molecule has 0 fully saturated rings. The summed E-state index contributed by atoms with van der Waals surface area (Å²) in [6.45, 7) is 0.264. The van der Waals surface area contributed by atoms with Gasteiger partial charge in [-0.25, -0.2) is 0 Å². The molecule has 15 heavy (non-hydrogen) atoms. The monoisotopic (exact) mass is 217 g/mol. The molecule has 74 valence electrons. The summed E-state index contributed by atoms with van der Waals surface area (Å²) in [7, 11) is 0. The summed E-state index contributed by atoms with van der Waals surface area (Å²) in [6.07, 6.45) is 3.55. The average molecular weight is 218 g/mol. The Morgan fingerprint density at radius 3 is 3.00 bits per heavy atom. The van der Waals surface area contributed by atoms with E-state index in [9.17, 15) is 0 Å². The Balaban J connectivity index is 2.34. The Hall–Kier alpha value is -1.79. The van der Waals surface area contributed by atoms with E-state index in [4.69, 9.17) is 16.9 Å². The first-order chi connectivity index (χ1) is 7.29. The number of hydrogen-bond donors (Lipinski definition) is 0. The van der Waals surface area contributed by atoms with Gasteiger partial charge in [0.25, 0.3) is 0 Å². The number of aromatic nitrogens is 2. The number of nitriles is 1. The lowest BCUT2D eigenvalue weighted by Gasteiger charge is -1.96. The van der Waals surface area contributed by atoms with Gasteiger partial charge in [0.05, 0.1) is 12.3 Å². The lowest BCUT2D eigenvalue weighted by atomic mass is 10.1. The van der Waals surface area contributed by atoms with Gasteiger partial charge >= 0.3 is 0 Å². The highest BCUT2D eigenvalue weighted by Crippen LogP contribution is 2.21. The molecule has 2 aromatic rings. The van der Waals surface area contributed by atoms with E-state index in [1.165, 1.54) is 0 Å². The van der Waals surface area contributed by atoms with Crippen LogP contribution in [0, 0.1) is 11.3 Å². The fourth-order valence-electron chi connectivity index (χ4n) is 1.34. The Bertz CT molecular complexity index is 511. The smallest absolute Gasteiger partial charge is 0.128 e. The third-order valence-electron chi connectivity index (χ3n) is 2.02. The average Bonchev–Trinajstić information content (AvgIpc) is 2.67. The van der Waals surface area contributed by atoms with Crippen molar-refractivity contribution in [3.05, 3.63) is 41.7 Å². The lowest BCUT2D eigenvalue weighted by Crippen LogP contribution is -1.93. The zero-order valence-electron chi connectivity index (χ0n) is 7.89. The van der Waals surface area contributed by atoms with Gasteiger partial charge in [-0.2, -0.15) is 10.4 Å². The molecule has 3 nitrogen and oxygen atoms in total. The Kier molecular flexibility index (Phi) is 2.70. The van der Waals surface area contributed by atoms with Gasteiger partial charge in [-0.1, -0.05) is 23.7 Å². The van der Waals surface area contributed by atoms with Crippen LogP contribution in [0.5, 0.6) is 0 Å². The summed E-state index contributed by atoms with van der Waals surface area (Å²) in [5.41, 5.74) is 1.97. The van der Waals surface area contributed by atoms with Gasteiger partial charge in [0.15, 0.2) is 0 Å². The maximum absolute atomic E-state index is 8.51. The Labute approximate surface area is 92.5 Å². The summed E-state index contributed by atoms with van der Waals surface area (Å²) in [5, 5.41) is 13.3. The van der Waals surface area contributed by atoms with Crippen molar-refractivity contribution in [1.29, 1.82) is 5.26 Å². The predicted molar refractivity (Wildman–Crippen MR) is 58.3 cm³/mol. The molecule has 1 aromatic heterocycles. The van der Waals surface area contributed by atoms with E-state index >= 15 is 0 Å². The molecule has 0 atom stereocenters. The number of rotatable bonds is 2. The maximum Gasteiger partial charge on any atom is 0.128 e. The van der Waals surface area contributed by atoms with Crippen molar-refractivity contribution in [2.75, 3.05) is 0 Å². The van der Waals surface area contributed by atoms with E-state index in [0.29, 0.717) is 5.02 Å². The lowest BCUT2D eigenvalue weighted by molar-refractivity contribution is 0.710. The molecular weight excluding hydrogens is 210 g/mol. The molecule has 1 heterocycles. The van der Waals surface area contributed by atoms with Crippen LogP contribution in [0.4, 0.5) is 0 Å². The molecule has 0 bridgehead atoms. The number of benzene rings is 1. The van der Waals surface area contributed by atoms with Gasteiger partial charge < -0.3 is 0 Å². The van der Waals surface area contributed by atoms with Crippen molar-refractivity contribution in [2.45, 2.75) is 6.54 Å². The largest absolute Gasteiger partial charge is 0.258 e. The summed E-state index contributed by atoms with van der Waals surface area (Å²) >= 11 is 5.88. The highest BCUT2D eigenvalue weighted by Gasteiger charge is 2.01. The van der Waals surface area contributed by atoms with Crippen LogP contribution in [0.3, 0.4) is 0 Å². The van der Waals surface area contributed by atoms with Crippen LogP contribution in [0.2, 0.25) is 5.02 Å². The molecule has 0 aliphatic heterocycles. The van der Waals surface area contributed by atoms with E-state index in [2.05, 4.69) is 5.10 Å². The zero-order valence-corrected chi connectivity index (χ0v) is 8.65. The SMILES string of the molecule is N#CCn1cc(-c2cccc(Cl)c2)cn1. The number of nitrogens with zero attached hydrogens (tertiary/aromatic N) is 3. The second-order valence-corrected chi connectivity index (χ2v) is 3.53. The molecular formula is C11H8ClN3. The first-order valence-electron chi connectivity index (χ1n) is 4.45. The fraction of sp³-hybridized carbons (Fsp3) is 0.0909. The van der Waals surface area contributed by atoms with Crippen molar-refractivity contribution in [3.63, 3.8) is 0 Å². The van der Waals surface area contributed by atoms with Gasteiger partial charge in [0.2, 0.25) is 0 Å². The number of halogens is 1. The van der Waals surface area contributed by atoms with E-state index in [1.54, 1.807) is 10.9 Å². The third-order valence-corrected chi connectivity index (χ3v) is 2.26. The standard InChI is InChI=1S/C11H8ClN3/c12-11-3-1-2-9(6-11)10-7-14-15(8-10)5-4-13/h1-3,6-8H,5H2. The molecule has 0 spiro atoms. The molecule has 0 unspecified atom stereocenters. The van der Waals surface area contributed by atoms with Crippen molar-refractivity contribution >= 4 is 11.6 Å². The molecule has 4 heteroatoms. The Morgan fingerprint density at radius 1 is 1.40 bits per heavy atom. The molecule has 0 saturated heterocycles. The summed E-state index contributed by atoms with van der Waals surface area (Å²) in [4.78, 5) is 0. The van der Waals surface area contributed by atoms with E-state index < -0.39 is 0 Å². The quantitative estimate of drug-likeness (QED) is 0.776. The van der Waals surface area contributed by atoms with Crippen molar-refractivity contribution < 1.29 is 0 Å². The minimum Gasteiger partial charge on any atom is -0.258 e. The van der Waals surface area contributed by atoms with Crippen LogP contribution in [-0.4, -0.2) is 9.78 Å². The van der Waals surface area contributed by atoms with Crippen LogP contribution in [0.1, 0.15) is 0 Å². The van der Waals surface area contributed by atoms with E-state index in [-0.39, 0.29) is 6.54 Å². The van der Waals surface area contributed by atoms with Crippen molar-refractivity contribution in [2.24, 2.45) is 0 Å². The highest BCUT2D eigenvalue weighted by atomic mass is 35.5. The molecule has 1 aromatic carbocycles. The van der Waals surface area contributed by atoms with Crippen molar-refractivity contribution in [1.82, 2.24) is 9.78 Å². The second-order valence-electron chi connectivity index (χ2n) is 3.10. The first-order valence-corrected chi connectivity index (χ1v) is 4.83. The van der Waals surface area contributed by atoms with Gasteiger partial charge in [-0.15, -0.1) is 0 Å². The van der Waals surface area contributed by atoms with Crippen LogP contribution < -0.4 is 0 Å². The molecule has 0 aliphatic carbocycles. The van der Waals surface area contributed by atoms with Crippen LogP contribution in [0.15, 0.2) is 36.7 Å². The number of hydrogen-bond acceptors (Lipinski definition) is 2. The Morgan fingerprint density at radius 2 is 2.27 bits per heavy atom. The summed E-state index contributed by atoms with van der Waals surface area (Å²) in [5.74, 6) is 0. The molecule has 0 N–H and O–H groups in total. The molecule has 0 saturated carbocycles. The maximum atomic E-state index is 8.51. The van der Waals surface area contributed by atoms with E-state index in [0.717, 1.165) is 11.1 Å². The van der Waals surface area contributed by atoms with E-state index in [1.807, 2.05) is 36.5 Å². The normalized spacial score (nSPS) is 9.87. The van der Waals surface area contributed by atoms with Gasteiger partial charge in [0, 0.05) is 16.8 Å². The van der Waals surface area contributed by atoms with Crippen LogP contribution in [0.25, 0.3) is 11.1 Å². The second kappa shape index (κ2) is 4.16. The summed E-state index contributed by atoms with van der Waals surface area (Å²) in [6, 6.07) is 9.58. The summed E-state index contributed by atoms with van der Waals surface area (Å²) < 4.78 is 1.59. The van der Waals surface area contributed by atoms with Gasteiger partial charge in [-0.3, -0.25) is 4.68 Å². The minimum atomic E-state index is 0.264. The molecule has 0 radical (unpaired) electrons. The highest BCUT2D eigenvalue weighted by molar-refractivity contribution is 6.30.